The van der Waals surface area contributed by atoms with Crippen LogP contribution in [0.5, 0.6) is 0 Å². The number of hydrogen-bond acceptors (Lipinski definition) is 2. The summed E-state index contributed by atoms with van der Waals surface area (Å²) in [6.45, 7) is -0.205. The van der Waals surface area contributed by atoms with E-state index in [9.17, 15) is 14.0 Å². The van der Waals surface area contributed by atoms with Gasteiger partial charge in [-0.2, -0.15) is 0 Å². The van der Waals surface area contributed by atoms with Crippen LogP contribution in [-0.2, 0) is 16.0 Å². The van der Waals surface area contributed by atoms with E-state index in [1.165, 1.54) is 30.3 Å². The average Bonchev–Trinajstić information content (AvgIpc) is 2.51. The summed E-state index contributed by atoms with van der Waals surface area (Å²) >= 11 is 11.8. The molecule has 7 heteroatoms. The van der Waals surface area contributed by atoms with Crippen molar-refractivity contribution in [3.63, 3.8) is 0 Å². The summed E-state index contributed by atoms with van der Waals surface area (Å²) in [6.07, 6.45) is 0.0610. The molecule has 2 aromatic rings. The maximum Gasteiger partial charge on any atom is 0.243 e. The van der Waals surface area contributed by atoms with Crippen LogP contribution >= 0.6 is 23.2 Å². The number of carbonyl (C=O) groups excluding carboxylic acids is 2. The lowest BCUT2D eigenvalue weighted by molar-refractivity contribution is -0.123. The van der Waals surface area contributed by atoms with Crippen molar-refractivity contribution in [3.05, 3.63) is 63.9 Å². The maximum absolute atomic E-state index is 12.8. The molecule has 2 amide bonds. The highest BCUT2D eigenvalue weighted by atomic mass is 35.5. The lowest BCUT2D eigenvalue weighted by Crippen LogP contribution is -2.33. The predicted octanol–water partition coefficient (Wildman–Crippen LogP) is 3.43. The van der Waals surface area contributed by atoms with Gasteiger partial charge < -0.3 is 10.6 Å². The number of anilines is 1. The van der Waals surface area contributed by atoms with Crippen molar-refractivity contribution < 1.29 is 14.0 Å². The maximum atomic E-state index is 12.8. The Balaban J connectivity index is 1.83. The third kappa shape index (κ3) is 5.54. The number of benzene rings is 2. The van der Waals surface area contributed by atoms with Crippen LogP contribution in [0.2, 0.25) is 10.0 Å². The smallest absolute Gasteiger partial charge is 0.243 e. The second-order valence-electron chi connectivity index (χ2n) is 4.75. The molecule has 0 aromatic heterocycles. The first kappa shape index (κ1) is 17.2. The first-order valence-corrected chi connectivity index (χ1v) is 7.45. The van der Waals surface area contributed by atoms with Gasteiger partial charge in [-0.25, -0.2) is 4.39 Å². The van der Waals surface area contributed by atoms with E-state index in [1.807, 2.05) is 0 Å². The second kappa shape index (κ2) is 7.94. The first-order chi connectivity index (χ1) is 10.9. The SMILES string of the molecule is O=C(Cc1ccc(F)cc1)NCC(=O)Nc1cc(Cl)ccc1Cl. The molecule has 0 saturated heterocycles. The molecule has 2 rings (SSSR count). The second-order valence-corrected chi connectivity index (χ2v) is 5.60. The van der Waals surface area contributed by atoms with Crippen LogP contribution in [0.4, 0.5) is 10.1 Å². The van der Waals surface area contributed by atoms with Crippen LogP contribution in [0.1, 0.15) is 5.56 Å². The van der Waals surface area contributed by atoms with Crippen LogP contribution < -0.4 is 10.6 Å². The van der Waals surface area contributed by atoms with Gasteiger partial charge in [-0.1, -0.05) is 35.3 Å². The zero-order valence-corrected chi connectivity index (χ0v) is 13.4. The van der Waals surface area contributed by atoms with Gasteiger partial charge in [-0.15, -0.1) is 0 Å². The molecule has 0 atom stereocenters. The molecule has 2 N–H and O–H groups in total. The highest BCUT2D eigenvalue weighted by molar-refractivity contribution is 6.35. The molecule has 2 aromatic carbocycles. The van der Waals surface area contributed by atoms with E-state index in [4.69, 9.17) is 23.2 Å². The average molecular weight is 355 g/mol. The van der Waals surface area contributed by atoms with Crippen molar-refractivity contribution in [2.75, 3.05) is 11.9 Å². The lowest BCUT2D eigenvalue weighted by Gasteiger charge is -2.09. The Labute approximate surface area is 142 Å². The number of carbonyl (C=O) groups is 2. The highest BCUT2D eigenvalue weighted by Crippen LogP contribution is 2.25. The summed E-state index contributed by atoms with van der Waals surface area (Å²) in [4.78, 5) is 23.5. The zero-order valence-electron chi connectivity index (χ0n) is 11.9. The number of halogens is 3. The lowest BCUT2D eigenvalue weighted by atomic mass is 10.1. The van der Waals surface area contributed by atoms with Crippen molar-refractivity contribution in [1.29, 1.82) is 0 Å². The molecule has 0 bridgehead atoms. The van der Waals surface area contributed by atoms with Crippen molar-refractivity contribution >= 4 is 40.7 Å². The molecule has 0 aliphatic carbocycles. The highest BCUT2D eigenvalue weighted by Gasteiger charge is 2.09. The molecule has 0 aliphatic heterocycles. The third-order valence-electron chi connectivity index (χ3n) is 2.93. The van der Waals surface area contributed by atoms with E-state index in [1.54, 1.807) is 12.1 Å². The molecule has 23 heavy (non-hydrogen) atoms. The Bertz CT molecular complexity index is 721. The van der Waals surface area contributed by atoms with Gasteiger partial charge in [-0.3, -0.25) is 9.59 Å². The molecule has 0 aliphatic rings. The van der Waals surface area contributed by atoms with Gasteiger partial charge in [0.25, 0.3) is 0 Å². The Morgan fingerprint density at radius 1 is 1.00 bits per heavy atom. The molecule has 0 radical (unpaired) electrons. The molecular weight excluding hydrogens is 342 g/mol. The summed E-state index contributed by atoms with van der Waals surface area (Å²) in [6, 6.07) is 10.3. The van der Waals surface area contributed by atoms with E-state index in [0.29, 0.717) is 21.3 Å². The fourth-order valence-corrected chi connectivity index (χ4v) is 2.15. The fraction of sp³-hybridized carbons (Fsp3) is 0.125. The Morgan fingerprint density at radius 3 is 2.39 bits per heavy atom. The molecule has 0 heterocycles. The minimum Gasteiger partial charge on any atom is -0.347 e. The summed E-state index contributed by atoms with van der Waals surface area (Å²) in [5, 5.41) is 5.82. The number of hydrogen-bond donors (Lipinski definition) is 2. The minimum atomic E-state index is -0.429. The van der Waals surface area contributed by atoms with E-state index in [2.05, 4.69) is 10.6 Å². The van der Waals surface area contributed by atoms with Crippen molar-refractivity contribution in [3.8, 4) is 0 Å². The summed E-state index contributed by atoms with van der Waals surface area (Å²) in [5.41, 5.74) is 1.03. The van der Waals surface area contributed by atoms with Gasteiger partial charge in [0, 0.05) is 5.02 Å². The Kier molecular flexibility index (Phi) is 5.96. The Hall–Kier alpha value is -2.11. The van der Waals surface area contributed by atoms with Crippen LogP contribution in [0.3, 0.4) is 0 Å². The van der Waals surface area contributed by atoms with Gasteiger partial charge in [-0.05, 0) is 35.9 Å². The topological polar surface area (TPSA) is 58.2 Å². The monoisotopic (exact) mass is 354 g/mol. The van der Waals surface area contributed by atoms with Gasteiger partial charge in [0.15, 0.2) is 0 Å². The molecule has 0 fully saturated rings. The summed E-state index contributed by atoms with van der Waals surface area (Å²) in [7, 11) is 0. The van der Waals surface area contributed by atoms with Crippen LogP contribution in [-0.4, -0.2) is 18.4 Å². The van der Waals surface area contributed by atoms with Gasteiger partial charge in [0.05, 0.1) is 23.7 Å². The van der Waals surface area contributed by atoms with E-state index < -0.39 is 5.91 Å². The number of rotatable bonds is 5. The minimum absolute atomic E-state index is 0.0610. The third-order valence-corrected chi connectivity index (χ3v) is 3.49. The predicted molar refractivity (Wildman–Crippen MR) is 88.2 cm³/mol. The van der Waals surface area contributed by atoms with Gasteiger partial charge in [0.2, 0.25) is 11.8 Å². The summed E-state index contributed by atoms with van der Waals surface area (Å²) < 4.78 is 12.8. The normalized spacial score (nSPS) is 10.2. The van der Waals surface area contributed by atoms with E-state index >= 15 is 0 Å². The largest absolute Gasteiger partial charge is 0.347 e. The fourth-order valence-electron chi connectivity index (χ4n) is 1.82. The molecule has 120 valence electrons. The molecule has 0 unspecified atom stereocenters. The number of amides is 2. The standard InChI is InChI=1S/C16H13Cl2FN2O2/c17-11-3-6-13(18)14(8-11)21-16(23)9-20-15(22)7-10-1-4-12(19)5-2-10/h1-6,8H,7,9H2,(H,20,22)(H,21,23). The van der Waals surface area contributed by atoms with Crippen molar-refractivity contribution in [2.45, 2.75) is 6.42 Å². The quantitative estimate of drug-likeness (QED) is 0.863. The Morgan fingerprint density at radius 2 is 1.70 bits per heavy atom. The molecular formula is C16H13Cl2FN2O2. The van der Waals surface area contributed by atoms with Crippen LogP contribution in [0, 0.1) is 5.82 Å². The van der Waals surface area contributed by atoms with Crippen LogP contribution in [0.15, 0.2) is 42.5 Å². The van der Waals surface area contributed by atoms with Gasteiger partial charge >= 0.3 is 0 Å². The number of nitrogens with one attached hydrogen (secondary N) is 2. The first-order valence-electron chi connectivity index (χ1n) is 6.70. The van der Waals surface area contributed by atoms with E-state index in [0.717, 1.165) is 0 Å². The zero-order chi connectivity index (χ0) is 16.8. The molecule has 0 spiro atoms. The molecule has 4 nitrogen and oxygen atoms in total. The van der Waals surface area contributed by atoms with E-state index in [-0.39, 0.29) is 24.7 Å². The summed E-state index contributed by atoms with van der Waals surface area (Å²) in [5.74, 6) is -1.14. The van der Waals surface area contributed by atoms with Crippen molar-refractivity contribution in [2.24, 2.45) is 0 Å². The molecule has 0 saturated carbocycles. The van der Waals surface area contributed by atoms with Gasteiger partial charge in [0.1, 0.15) is 5.82 Å². The van der Waals surface area contributed by atoms with Crippen molar-refractivity contribution in [1.82, 2.24) is 5.32 Å². The van der Waals surface area contributed by atoms with Crippen LogP contribution in [0.25, 0.3) is 0 Å².